The van der Waals surface area contributed by atoms with Gasteiger partial charge in [0, 0.05) is 0 Å². The van der Waals surface area contributed by atoms with Gasteiger partial charge in [0.15, 0.2) is 4.77 Å². The zero-order valence-electron chi connectivity index (χ0n) is 12.1. The van der Waals surface area contributed by atoms with Gasteiger partial charge < -0.3 is 14.5 Å². The number of nitrogens with zero attached hydrogens (tertiary/aromatic N) is 1. The lowest BCUT2D eigenvalue weighted by atomic mass is 10.2. The van der Waals surface area contributed by atoms with Crippen LogP contribution in [-0.2, 0) is 0 Å². The van der Waals surface area contributed by atoms with Gasteiger partial charge >= 0.3 is 0 Å². The summed E-state index contributed by atoms with van der Waals surface area (Å²) in [4.78, 5) is 16.0. The Kier molecular flexibility index (Phi) is 3.68. The number of ether oxygens (including phenoxy) is 2. The zero-order valence-corrected chi connectivity index (χ0v) is 12.9. The number of hydrogen-bond acceptors (Lipinski definition) is 4. The van der Waals surface area contributed by atoms with E-state index in [1.54, 1.807) is 37.4 Å². The number of hydrogen-bond donors (Lipinski definition) is 1. The molecular weight excluding hydrogens is 300 g/mol. The third-order valence-corrected chi connectivity index (χ3v) is 3.72. The van der Waals surface area contributed by atoms with E-state index in [0.29, 0.717) is 32.9 Å². The smallest absolute Gasteiger partial charge is 0.270 e. The molecule has 0 aliphatic rings. The van der Waals surface area contributed by atoms with E-state index >= 15 is 0 Å². The lowest BCUT2D eigenvalue weighted by Gasteiger charge is -2.13. The van der Waals surface area contributed by atoms with Crippen LogP contribution >= 0.6 is 12.2 Å². The van der Waals surface area contributed by atoms with Crippen LogP contribution in [0.25, 0.3) is 16.6 Å². The molecule has 0 aliphatic heterocycles. The predicted octanol–water partition coefficient (Wildman–Crippen LogP) is 3.07. The molecule has 112 valence electrons. The first-order chi connectivity index (χ1) is 10.7. The summed E-state index contributed by atoms with van der Waals surface area (Å²) in [5, 5.41) is 0.449. The van der Waals surface area contributed by atoms with Crippen LogP contribution in [-0.4, -0.2) is 23.8 Å². The van der Waals surface area contributed by atoms with Gasteiger partial charge in [-0.25, -0.2) is 4.57 Å². The van der Waals surface area contributed by atoms with Crippen molar-refractivity contribution in [3.8, 4) is 17.2 Å². The highest BCUT2D eigenvalue weighted by atomic mass is 32.1. The molecule has 1 aromatic heterocycles. The molecule has 3 rings (SSSR count). The number of rotatable bonds is 3. The monoisotopic (exact) mass is 314 g/mol. The standard InChI is InChI=1S/C16H14N2O3S/c1-20-12-8-4-3-7-11(12)18-15(19)14-10(17-16(18)22)6-5-9-13(14)21-2/h3-9H,1-2H3,(H,17,22). The quantitative estimate of drug-likeness (QED) is 0.755. The van der Waals surface area contributed by atoms with Gasteiger partial charge in [-0.3, -0.25) is 4.79 Å². The summed E-state index contributed by atoms with van der Waals surface area (Å²) < 4.78 is 12.3. The Morgan fingerprint density at radius 2 is 1.68 bits per heavy atom. The van der Waals surface area contributed by atoms with Gasteiger partial charge in [-0.05, 0) is 36.5 Å². The second kappa shape index (κ2) is 5.65. The number of methoxy groups -OCH3 is 2. The Balaban J connectivity index is 2.46. The number of para-hydroxylation sites is 2. The summed E-state index contributed by atoms with van der Waals surface area (Å²) in [5.74, 6) is 1.07. The molecule has 1 heterocycles. The van der Waals surface area contributed by atoms with Crippen LogP contribution in [0.3, 0.4) is 0 Å². The molecule has 5 nitrogen and oxygen atoms in total. The van der Waals surface area contributed by atoms with Crippen molar-refractivity contribution in [2.75, 3.05) is 14.2 Å². The predicted molar refractivity (Wildman–Crippen MR) is 87.8 cm³/mol. The molecule has 22 heavy (non-hydrogen) atoms. The van der Waals surface area contributed by atoms with Crippen LogP contribution in [0, 0.1) is 4.77 Å². The van der Waals surface area contributed by atoms with E-state index in [2.05, 4.69) is 4.98 Å². The van der Waals surface area contributed by atoms with Gasteiger partial charge in [0.25, 0.3) is 5.56 Å². The highest BCUT2D eigenvalue weighted by Crippen LogP contribution is 2.24. The first-order valence-electron chi connectivity index (χ1n) is 6.63. The molecule has 0 spiro atoms. The number of nitrogens with one attached hydrogen (secondary N) is 1. The lowest BCUT2D eigenvalue weighted by molar-refractivity contribution is 0.412. The average molecular weight is 314 g/mol. The van der Waals surface area contributed by atoms with E-state index in [0.717, 1.165) is 0 Å². The largest absolute Gasteiger partial charge is 0.496 e. The summed E-state index contributed by atoms with van der Waals surface area (Å²) in [5.41, 5.74) is 0.977. The molecule has 6 heteroatoms. The minimum absolute atomic E-state index is 0.249. The first kappa shape index (κ1) is 14.3. The number of H-pyrrole nitrogens is 1. The Morgan fingerprint density at radius 3 is 2.41 bits per heavy atom. The van der Waals surface area contributed by atoms with Gasteiger partial charge in [0.2, 0.25) is 0 Å². The minimum atomic E-state index is -0.249. The van der Waals surface area contributed by atoms with Crippen molar-refractivity contribution in [1.82, 2.24) is 9.55 Å². The molecule has 0 amide bonds. The SMILES string of the molecule is COc1ccccc1-n1c(=S)[nH]c2cccc(OC)c2c1=O. The molecule has 0 radical (unpaired) electrons. The maximum atomic E-state index is 12.9. The van der Waals surface area contributed by atoms with E-state index in [1.165, 1.54) is 11.7 Å². The Bertz CT molecular complexity index is 959. The summed E-state index contributed by atoms with van der Waals surface area (Å²) in [6, 6.07) is 12.6. The molecule has 0 unspecified atom stereocenters. The zero-order chi connectivity index (χ0) is 15.7. The van der Waals surface area contributed by atoms with Gasteiger partial charge in [0.1, 0.15) is 16.9 Å². The van der Waals surface area contributed by atoms with Crippen molar-refractivity contribution in [2.45, 2.75) is 0 Å². The number of fused-ring (bicyclic) bond motifs is 1. The molecule has 0 bridgehead atoms. The Hall–Kier alpha value is -2.60. The fraction of sp³-hybridized carbons (Fsp3) is 0.125. The van der Waals surface area contributed by atoms with Crippen molar-refractivity contribution in [2.24, 2.45) is 0 Å². The lowest BCUT2D eigenvalue weighted by Crippen LogP contribution is -2.21. The fourth-order valence-electron chi connectivity index (χ4n) is 2.43. The van der Waals surface area contributed by atoms with Crippen molar-refractivity contribution in [1.29, 1.82) is 0 Å². The van der Waals surface area contributed by atoms with Crippen LogP contribution in [0.4, 0.5) is 0 Å². The van der Waals surface area contributed by atoms with Crippen LogP contribution in [0.2, 0.25) is 0 Å². The summed E-state index contributed by atoms with van der Waals surface area (Å²) in [6.45, 7) is 0. The number of aromatic nitrogens is 2. The van der Waals surface area contributed by atoms with Crippen molar-refractivity contribution >= 4 is 23.1 Å². The molecule has 1 N–H and O–H groups in total. The normalized spacial score (nSPS) is 10.6. The van der Waals surface area contributed by atoms with E-state index < -0.39 is 0 Å². The van der Waals surface area contributed by atoms with Gasteiger partial charge in [-0.15, -0.1) is 0 Å². The van der Waals surface area contributed by atoms with Crippen LogP contribution in [0.5, 0.6) is 11.5 Å². The molecular formula is C16H14N2O3S. The topological polar surface area (TPSA) is 56.2 Å². The molecule has 0 atom stereocenters. The summed E-state index contributed by atoms with van der Waals surface area (Å²) >= 11 is 5.35. The van der Waals surface area contributed by atoms with Crippen molar-refractivity contribution < 1.29 is 9.47 Å². The van der Waals surface area contributed by atoms with Gasteiger partial charge in [0.05, 0.1) is 25.4 Å². The van der Waals surface area contributed by atoms with Crippen LogP contribution in [0.1, 0.15) is 0 Å². The molecule has 0 aliphatic carbocycles. The summed E-state index contributed by atoms with van der Waals surface area (Å²) in [7, 11) is 3.08. The van der Waals surface area contributed by atoms with Crippen LogP contribution in [0.15, 0.2) is 47.3 Å². The first-order valence-corrected chi connectivity index (χ1v) is 7.03. The highest BCUT2D eigenvalue weighted by Gasteiger charge is 2.14. The second-order valence-corrected chi connectivity index (χ2v) is 5.01. The third-order valence-electron chi connectivity index (χ3n) is 3.43. The maximum absolute atomic E-state index is 12.9. The van der Waals surface area contributed by atoms with Gasteiger partial charge in [-0.2, -0.15) is 0 Å². The Labute approximate surface area is 131 Å². The van der Waals surface area contributed by atoms with E-state index in [1.807, 2.05) is 12.1 Å². The maximum Gasteiger partial charge on any atom is 0.270 e. The average Bonchev–Trinajstić information content (AvgIpc) is 2.54. The molecule has 0 saturated heterocycles. The summed E-state index contributed by atoms with van der Waals surface area (Å²) in [6.07, 6.45) is 0. The molecule has 3 aromatic rings. The number of aromatic amines is 1. The molecule has 0 saturated carbocycles. The Morgan fingerprint density at radius 1 is 1.00 bits per heavy atom. The van der Waals surface area contributed by atoms with E-state index in [4.69, 9.17) is 21.7 Å². The second-order valence-electron chi connectivity index (χ2n) is 4.63. The van der Waals surface area contributed by atoms with Gasteiger partial charge in [-0.1, -0.05) is 18.2 Å². The highest BCUT2D eigenvalue weighted by molar-refractivity contribution is 7.71. The number of benzene rings is 2. The van der Waals surface area contributed by atoms with Crippen LogP contribution < -0.4 is 15.0 Å². The third kappa shape index (κ3) is 2.17. The minimum Gasteiger partial charge on any atom is -0.496 e. The van der Waals surface area contributed by atoms with Crippen molar-refractivity contribution in [3.63, 3.8) is 0 Å². The van der Waals surface area contributed by atoms with Crippen molar-refractivity contribution in [3.05, 3.63) is 57.6 Å². The van der Waals surface area contributed by atoms with E-state index in [-0.39, 0.29) is 5.56 Å². The fourth-order valence-corrected chi connectivity index (χ4v) is 2.73. The molecule has 0 fully saturated rings. The van der Waals surface area contributed by atoms with E-state index in [9.17, 15) is 4.79 Å². The molecule has 2 aromatic carbocycles.